The number of ketones is 1. The predicted molar refractivity (Wildman–Crippen MR) is 113 cm³/mol. The molecule has 0 fully saturated rings. The Morgan fingerprint density at radius 2 is 1.80 bits per heavy atom. The molecule has 6 heteroatoms. The van der Waals surface area contributed by atoms with Gasteiger partial charge < -0.3 is 9.84 Å². The van der Waals surface area contributed by atoms with Gasteiger partial charge in [0, 0.05) is 0 Å². The molecule has 0 aliphatic carbocycles. The van der Waals surface area contributed by atoms with Crippen LogP contribution in [0.1, 0.15) is 45.1 Å². The highest BCUT2D eigenvalue weighted by atomic mass is 16.5. The lowest BCUT2D eigenvalue weighted by Crippen LogP contribution is -2.27. The lowest BCUT2D eigenvalue weighted by atomic mass is 9.96. The van der Waals surface area contributed by atoms with E-state index in [0.717, 1.165) is 15.7 Å². The van der Waals surface area contributed by atoms with Crippen molar-refractivity contribution in [2.75, 3.05) is 6.61 Å². The van der Waals surface area contributed by atoms with E-state index in [1.165, 1.54) is 6.92 Å². The van der Waals surface area contributed by atoms with Crippen molar-refractivity contribution in [1.29, 1.82) is 5.26 Å². The van der Waals surface area contributed by atoms with Crippen LogP contribution in [0.3, 0.4) is 0 Å². The molecule has 0 bridgehead atoms. The number of carbonyl (C=O) groups excluding carboxylic acids is 1. The first kappa shape index (κ1) is 20.9. The Hall–Kier alpha value is -3.85. The minimum atomic E-state index is -0.636. The van der Waals surface area contributed by atoms with E-state index in [1.54, 1.807) is 31.2 Å². The van der Waals surface area contributed by atoms with Gasteiger partial charge in [-0.1, -0.05) is 42.0 Å². The largest absolute Gasteiger partial charge is 0.494 e. The average Bonchev–Trinajstić information content (AvgIpc) is 2.73. The van der Waals surface area contributed by atoms with Gasteiger partial charge in [-0.15, -0.1) is 0 Å². The molecule has 3 aromatic rings. The number of ether oxygens (including phenoxy) is 1. The fraction of sp³-hybridized carbons (Fsp3) is 0.208. The van der Waals surface area contributed by atoms with E-state index in [-0.39, 0.29) is 28.8 Å². The smallest absolute Gasteiger partial charge is 0.271 e. The number of aromatic nitrogens is 1. The lowest BCUT2D eigenvalue weighted by Gasteiger charge is -2.17. The van der Waals surface area contributed by atoms with Gasteiger partial charge in [-0.25, -0.2) is 0 Å². The molecule has 0 spiro atoms. The minimum Gasteiger partial charge on any atom is -0.494 e. The van der Waals surface area contributed by atoms with Gasteiger partial charge in [0.05, 0.1) is 24.3 Å². The molecule has 30 heavy (non-hydrogen) atoms. The van der Waals surface area contributed by atoms with Crippen LogP contribution in [0.15, 0.2) is 53.3 Å². The van der Waals surface area contributed by atoms with Crippen LogP contribution >= 0.6 is 0 Å². The van der Waals surface area contributed by atoms with Crippen molar-refractivity contribution in [1.82, 2.24) is 4.57 Å². The van der Waals surface area contributed by atoms with Gasteiger partial charge in [-0.05, 0) is 44.0 Å². The minimum absolute atomic E-state index is 0.0350. The number of nitriles is 1. The molecule has 0 atom stereocenters. The molecule has 0 saturated heterocycles. The zero-order valence-corrected chi connectivity index (χ0v) is 17.1. The molecule has 2 aromatic carbocycles. The third kappa shape index (κ3) is 3.83. The Morgan fingerprint density at radius 1 is 1.13 bits per heavy atom. The lowest BCUT2D eigenvalue weighted by molar-refractivity contribution is 0.103. The van der Waals surface area contributed by atoms with Crippen molar-refractivity contribution >= 4 is 5.78 Å². The molecule has 0 amide bonds. The molecule has 152 valence electrons. The van der Waals surface area contributed by atoms with E-state index in [9.17, 15) is 20.0 Å². The van der Waals surface area contributed by atoms with Crippen molar-refractivity contribution < 1.29 is 14.6 Å². The number of carbonyl (C=O) groups is 1. The average molecular weight is 402 g/mol. The fourth-order valence-corrected chi connectivity index (χ4v) is 3.32. The summed E-state index contributed by atoms with van der Waals surface area (Å²) in [7, 11) is 0. The third-order valence-electron chi connectivity index (χ3n) is 4.92. The second-order valence-electron chi connectivity index (χ2n) is 6.95. The van der Waals surface area contributed by atoms with Crippen LogP contribution in [-0.4, -0.2) is 22.1 Å². The van der Waals surface area contributed by atoms with Gasteiger partial charge in [0.15, 0.2) is 0 Å². The van der Waals surface area contributed by atoms with Gasteiger partial charge in [-0.2, -0.15) is 5.26 Å². The van der Waals surface area contributed by atoms with E-state index in [4.69, 9.17) is 4.74 Å². The number of hydrogen-bond acceptors (Lipinski definition) is 5. The summed E-state index contributed by atoms with van der Waals surface area (Å²) in [6, 6.07) is 16.0. The number of pyridine rings is 1. The summed E-state index contributed by atoms with van der Waals surface area (Å²) < 4.78 is 6.60. The number of aryl methyl sites for hydroxylation is 1. The zero-order chi connectivity index (χ0) is 21.8. The Morgan fingerprint density at radius 3 is 2.43 bits per heavy atom. The molecule has 1 heterocycles. The molecule has 1 aromatic heterocycles. The maximum atomic E-state index is 13.3. The molecular formula is C24H22N2O4. The number of hydrogen-bond donors (Lipinski definition) is 1. The van der Waals surface area contributed by atoms with Crippen molar-refractivity contribution in [3.8, 4) is 17.7 Å². The normalized spacial score (nSPS) is 10.5. The van der Waals surface area contributed by atoms with Crippen molar-refractivity contribution in [3.05, 3.63) is 92.3 Å². The molecule has 0 saturated carbocycles. The maximum absolute atomic E-state index is 13.3. The van der Waals surface area contributed by atoms with E-state index in [0.29, 0.717) is 12.4 Å². The summed E-state index contributed by atoms with van der Waals surface area (Å²) in [5.41, 5.74) is 1.34. The SMILES string of the molecule is CCOc1ccccc1C(=O)c1c(C)c(C#N)c(=O)n(Cc2ccc(C)cc2)c1O. The van der Waals surface area contributed by atoms with Crippen LogP contribution in [0, 0.1) is 25.2 Å². The molecule has 0 aliphatic heterocycles. The quantitative estimate of drug-likeness (QED) is 0.635. The summed E-state index contributed by atoms with van der Waals surface area (Å²) in [6.45, 7) is 5.64. The molecular weight excluding hydrogens is 380 g/mol. The van der Waals surface area contributed by atoms with E-state index in [2.05, 4.69) is 0 Å². The summed E-state index contributed by atoms with van der Waals surface area (Å²) in [6.07, 6.45) is 0. The number of rotatable bonds is 6. The molecule has 6 nitrogen and oxygen atoms in total. The number of para-hydroxylation sites is 1. The maximum Gasteiger partial charge on any atom is 0.271 e. The van der Waals surface area contributed by atoms with E-state index >= 15 is 0 Å². The second-order valence-corrected chi connectivity index (χ2v) is 6.95. The van der Waals surface area contributed by atoms with Crippen molar-refractivity contribution in [3.63, 3.8) is 0 Å². The summed E-state index contributed by atoms with van der Waals surface area (Å²) in [4.78, 5) is 26.2. The van der Waals surface area contributed by atoms with Gasteiger partial charge in [-0.3, -0.25) is 14.2 Å². The van der Waals surface area contributed by atoms with Crippen LogP contribution in [0.25, 0.3) is 0 Å². The number of aromatic hydroxyl groups is 1. The molecule has 0 aliphatic rings. The van der Waals surface area contributed by atoms with E-state index < -0.39 is 17.2 Å². The highest BCUT2D eigenvalue weighted by Crippen LogP contribution is 2.29. The van der Waals surface area contributed by atoms with Crippen molar-refractivity contribution in [2.24, 2.45) is 0 Å². The summed E-state index contributed by atoms with van der Waals surface area (Å²) >= 11 is 0. The summed E-state index contributed by atoms with van der Waals surface area (Å²) in [5.74, 6) is -0.602. The first-order valence-electron chi connectivity index (χ1n) is 9.57. The molecule has 1 N–H and O–H groups in total. The molecule has 3 rings (SSSR count). The van der Waals surface area contributed by atoms with E-state index in [1.807, 2.05) is 37.3 Å². The standard InChI is InChI=1S/C24H22N2O4/c1-4-30-20-8-6-5-7-18(20)22(27)21-16(3)19(13-25)23(28)26(24(21)29)14-17-11-9-15(2)10-12-17/h5-12,29H,4,14H2,1-3H3. The van der Waals surface area contributed by atoms with Crippen LogP contribution < -0.4 is 10.3 Å². The van der Waals surface area contributed by atoms with Crippen LogP contribution in [0.5, 0.6) is 11.6 Å². The Bertz CT molecular complexity index is 1200. The van der Waals surface area contributed by atoms with Crippen LogP contribution in [0.4, 0.5) is 0 Å². The predicted octanol–water partition coefficient (Wildman–Crippen LogP) is 3.72. The van der Waals surface area contributed by atoms with Crippen LogP contribution in [-0.2, 0) is 6.54 Å². The number of nitrogens with zero attached hydrogens (tertiary/aromatic N) is 2. The molecule has 0 unspecified atom stereocenters. The summed E-state index contributed by atoms with van der Waals surface area (Å²) in [5, 5.41) is 20.5. The monoisotopic (exact) mass is 402 g/mol. The fourth-order valence-electron chi connectivity index (χ4n) is 3.32. The Kier molecular flexibility index (Phi) is 6.03. The topological polar surface area (TPSA) is 92.3 Å². The Balaban J connectivity index is 2.20. The van der Waals surface area contributed by atoms with Gasteiger partial charge in [0.1, 0.15) is 17.4 Å². The first-order valence-corrected chi connectivity index (χ1v) is 9.57. The highest BCUT2D eigenvalue weighted by Gasteiger charge is 2.26. The Labute approximate surface area is 174 Å². The first-order chi connectivity index (χ1) is 14.4. The second kappa shape index (κ2) is 8.66. The van der Waals surface area contributed by atoms with Crippen LogP contribution in [0.2, 0.25) is 0 Å². The molecule has 0 radical (unpaired) electrons. The van der Waals surface area contributed by atoms with Gasteiger partial charge in [0.2, 0.25) is 11.7 Å². The van der Waals surface area contributed by atoms with Gasteiger partial charge >= 0.3 is 0 Å². The number of benzene rings is 2. The van der Waals surface area contributed by atoms with Gasteiger partial charge in [0.25, 0.3) is 5.56 Å². The highest BCUT2D eigenvalue weighted by molar-refractivity contribution is 6.13. The van der Waals surface area contributed by atoms with Crippen molar-refractivity contribution in [2.45, 2.75) is 27.3 Å². The zero-order valence-electron chi connectivity index (χ0n) is 17.1. The third-order valence-corrected chi connectivity index (χ3v) is 4.92.